The van der Waals surface area contributed by atoms with Crippen molar-refractivity contribution in [2.45, 2.75) is 0 Å². The van der Waals surface area contributed by atoms with Gasteiger partial charge in [-0.25, -0.2) is 0 Å². The topological polar surface area (TPSA) is 67.4 Å². The van der Waals surface area contributed by atoms with Gasteiger partial charge in [0, 0.05) is 10.0 Å². The van der Waals surface area contributed by atoms with Crippen molar-refractivity contribution in [1.82, 2.24) is 10.9 Å². The van der Waals surface area contributed by atoms with Crippen molar-refractivity contribution < 1.29 is 14.3 Å². The zero-order valence-electron chi connectivity index (χ0n) is 14.3. The maximum Gasteiger partial charge on any atom is 0.276 e. The van der Waals surface area contributed by atoms with Crippen molar-refractivity contribution in [3.8, 4) is 16.9 Å². The van der Waals surface area contributed by atoms with Crippen LogP contribution in [-0.4, -0.2) is 18.4 Å². The summed E-state index contributed by atoms with van der Waals surface area (Å²) < 4.78 is 6.23. The summed E-state index contributed by atoms with van der Waals surface area (Å²) in [5.74, 6) is -0.287. The van der Waals surface area contributed by atoms with Crippen LogP contribution in [0.3, 0.4) is 0 Å². The molecule has 0 saturated carbocycles. The number of nitrogens with one attached hydrogen (secondary N) is 2. The molecular formula is C21H17BrN2O3. The molecule has 0 aliphatic heterocycles. The lowest BCUT2D eigenvalue weighted by Crippen LogP contribution is -2.43. The molecule has 0 bridgehead atoms. The van der Waals surface area contributed by atoms with E-state index < -0.39 is 11.8 Å². The predicted octanol–water partition coefficient (Wildman–Crippen LogP) is 3.96. The fourth-order valence-corrected chi connectivity index (χ4v) is 2.79. The molecule has 5 nitrogen and oxygen atoms in total. The van der Waals surface area contributed by atoms with Gasteiger partial charge in [0.15, 0.2) is 6.61 Å². The molecular weight excluding hydrogens is 408 g/mol. The minimum atomic E-state index is -0.453. The van der Waals surface area contributed by atoms with Gasteiger partial charge in [0.2, 0.25) is 0 Å². The Morgan fingerprint density at radius 2 is 1.52 bits per heavy atom. The van der Waals surface area contributed by atoms with Gasteiger partial charge in [0.05, 0.1) is 0 Å². The summed E-state index contributed by atoms with van der Waals surface area (Å²) in [4.78, 5) is 23.8. The van der Waals surface area contributed by atoms with Gasteiger partial charge in [-0.05, 0) is 41.5 Å². The van der Waals surface area contributed by atoms with Crippen LogP contribution in [0.25, 0.3) is 11.1 Å². The molecule has 0 heterocycles. The smallest absolute Gasteiger partial charge is 0.276 e. The van der Waals surface area contributed by atoms with E-state index in [9.17, 15) is 9.59 Å². The summed E-state index contributed by atoms with van der Waals surface area (Å²) in [6, 6.07) is 24.3. The summed E-state index contributed by atoms with van der Waals surface area (Å²) in [5.41, 5.74) is 7.29. The van der Waals surface area contributed by atoms with E-state index in [-0.39, 0.29) is 6.61 Å². The molecule has 0 aromatic heterocycles. The molecule has 27 heavy (non-hydrogen) atoms. The lowest BCUT2D eigenvalue weighted by molar-refractivity contribution is -0.123. The molecule has 0 unspecified atom stereocenters. The van der Waals surface area contributed by atoms with E-state index >= 15 is 0 Å². The first-order valence-corrected chi connectivity index (χ1v) is 9.04. The Balaban J connectivity index is 1.47. The summed E-state index contributed by atoms with van der Waals surface area (Å²) in [7, 11) is 0. The van der Waals surface area contributed by atoms with Crippen LogP contribution >= 0.6 is 15.9 Å². The molecule has 0 atom stereocenters. The second-order valence-corrected chi connectivity index (χ2v) is 6.61. The molecule has 2 N–H and O–H groups in total. The number of carbonyl (C=O) groups excluding carboxylic acids is 2. The van der Waals surface area contributed by atoms with Gasteiger partial charge in [-0.1, -0.05) is 64.5 Å². The Bertz CT molecular complexity index is 928. The molecule has 0 spiro atoms. The standard InChI is InChI=1S/C21H17BrN2O3/c22-18-8-4-7-17(13-18)21(26)24-23-20(25)14-27-19-11-9-16(10-12-19)15-5-2-1-3-6-15/h1-13H,14H2,(H,23,25)(H,24,26). The van der Waals surface area contributed by atoms with Gasteiger partial charge >= 0.3 is 0 Å². The first-order chi connectivity index (χ1) is 13.1. The number of hydrogen-bond acceptors (Lipinski definition) is 3. The molecule has 0 aliphatic rings. The summed E-state index contributed by atoms with van der Waals surface area (Å²) in [5, 5.41) is 0. The first-order valence-electron chi connectivity index (χ1n) is 8.25. The fraction of sp³-hybridized carbons (Fsp3) is 0.0476. The minimum Gasteiger partial charge on any atom is -0.484 e. The van der Waals surface area contributed by atoms with Crippen molar-refractivity contribution in [3.05, 3.63) is 88.9 Å². The van der Waals surface area contributed by atoms with Gasteiger partial charge in [0.25, 0.3) is 11.8 Å². The summed E-state index contributed by atoms with van der Waals surface area (Å²) in [6.07, 6.45) is 0. The van der Waals surface area contributed by atoms with Crippen molar-refractivity contribution >= 4 is 27.7 Å². The van der Waals surface area contributed by atoms with Gasteiger partial charge in [-0.3, -0.25) is 20.4 Å². The predicted molar refractivity (Wildman–Crippen MR) is 107 cm³/mol. The molecule has 0 radical (unpaired) electrons. The number of rotatable bonds is 5. The average Bonchev–Trinajstić information content (AvgIpc) is 2.71. The van der Waals surface area contributed by atoms with Gasteiger partial charge < -0.3 is 4.74 Å². The first kappa shape index (κ1) is 18.7. The Labute approximate surface area is 165 Å². The van der Waals surface area contributed by atoms with Crippen LogP contribution in [-0.2, 0) is 4.79 Å². The number of hydrogen-bond donors (Lipinski definition) is 2. The molecule has 6 heteroatoms. The monoisotopic (exact) mass is 424 g/mol. The number of halogens is 1. The number of carbonyl (C=O) groups is 2. The van der Waals surface area contributed by atoms with Crippen LogP contribution in [0.1, 0.15) is 10.4 Å². The quantitative estimate of drug-likeness (QED) is 0.609. The zero-order valence-corrected chi connectivity index (χ0v) is 15.9. The molecule has 0 fully saturated rings. The zero-order chi connectivity index (χ0) is 19.1. The van der Waals surface area contributed by atoms with Crippen LogP contribution in [0.15, 0.2) is 83.3 Å². The number of ether oxygens (including phenoxy) is 1. The minimum absolute atomic E-state index is 0.205. The highest BCUT2D eigenvalue weighted by Gasteiger charge is 2.08. The molecule has 3 aromatic rings. The highest BCUT2D eigenvalue weighted by Crippen LogP contribution is 2.21. The fourth-order valence-electron chi connectivity index (χ4n) is 2.39. The third-order valence-electron chi connectivity index (χ3n) is 3.73. The maximum atomic E-state index is 12.0. The van der Waals surface area contributed by atoms with E-state index in [1.807, 2.05) is 48.5 Å². The Morgan fingerprint density at radius 1 is 0.815 bits per heavy atom. The summed E-state index contributed by atoms with van der Waals surface area (Å²) >= 11 is 3.29. The number of amides is 2. The third kappa shape index (κ3) is 5.43. The molecule has 3 aromatic carbocycles. The highest BCUT2D eigenvalue weighted by molar-refractivity contribution is 9.10. The molecule has 0 saturated heterocycles. The van der Waals surface area contributed by atoms with Crippen LogP contribution in [0.5, 0.6) is 5.75 Å². The normalized spacial score (nSPS) is 10.1. The lowest BCUT2D eigenvalue weighted by atomic mass is 10.1. The third-order valence-corrected chi connectivity index (χ3v) is 4.23. The molecule has 136 valence electrons. The van der Waals surface area contributed by atoms with E-state index in [0.29, 0.717) is 11.3 Å². The Hall–Kier alpha value is -3.12. The van der Waals surface area contributed by atoms with Gasteiger partial charge in [-0.15, -0.1) is 0 Å². The highest BCUT2D eigenvalue weighted by atomic mass is 79.9. The van der Waals surface area contributed by atoms with Crippen LogP contribution < -0.4 is 15.6 Å². The SMILES string of the molecule is O=C(COc1ccc(-c2ccccc2)cc1)NNC(=O)c1cccc(Br)c1. The van der Waals surface area contributed by atoms with E-state index in [2.05, 4.69) is 26.8 Å². The van der Waals surface area contributed by atoms with Crippen molar-refractivity contribution in [1.29, 1.82) is 0 Å². The van der Waals surface area contributed by atoms with Crippen molar-refractivity contribution in [3.63, 3.8) is 0 Å². The molecule has 0 aliphatic carbocycles. The molecule has 2 amide bonds. The van der Waals surface area contributed by atoms with Gasteiger partial charge in [0.1, 0.15) is 5.75 Å². The Kier molecular flexibility index (Phi) is 6.22. The van der Waals surface area contributed by atoms with Crippen molar-refractivity contribution in [2.75, 3.05) is 6.61 Å². The molecule has 3 rings (SSSR count). The van der Waals surface area contributed by atoms with E-state index in [4.69, 9.17) is 4.74 Å². The van der Waals surface area contributed by atoms with E-state index in [1.54, 1.807) is 30.3 Å². The Morgan fingerprint density at radius 3 is 2.22 bits per heavy atom. The lowest BCUT2D eigenvalue weighted by Gasteiger charge is -2.09. The van der Waals surface area contributed by atoms with Crippen LogP contribution in [0.4, 0.5) is 0 Å². The van der Waals surface area contributed by atoms with Crippen LogP contribution in [0, 0.1) is 0 Å². The second-order valence-electron chi connectivity index (χ2n) is 5.69. The summed E-state index contributed by atoms with van der Waals surface area (Å²) in [6.45, 7) is -0.205. The van der Waals surface area contributed by atoms with Gasteiger partial charge in [-0.2, -0.15) is 0 Å². The van der Waals surface area contributed by atoms with Crippen LogP contribution in [0.2, 0.25) is 0 Å². The number of benzene rings is 3. The second kappa shape index (κ2) is 9.00. The van der Waals surface area contributed by atoms with E-state index in [1.165, 1.54) is 0 Å². The van der Waals surface area contributed by atoms with Crippen molar-refractivity contribution in [2.24, 2.45) is 0 Å². The van der Waals surface area contributed by atoms with E-state index in [0.717, 1.165) is 15.6 Å². The largest absolute Gasteiger partial charge is 0.484 e. The number of hydrazine groups is 1. The maximum absolute atomic E-state index is 12.0. The average molecular weight is 425 g/mol.